The Kier molecular flexibility index (Phi) is 5.88. The normalized spacial score (nSPS) is 14.8. The predicted molar refractivity (Wildman–Crippen MR) is 121 cm³/mol. The Balaban J connectivity index is 1.76. The number of benzene rings is 2. The van der Waals surface area contributed by atoms with Crippen molar-refractivity contribution >= 4 is 35.6 Å². The van der Waals surface area contributed by atoms with Crippen molar-refractivity contribution in [3.8, 4) is 17.2 Å². The largest absolute Gasteiger partial charge is 0.497 e. The number of barbiturate groups is 1. The van der Waals surface area contributed by atoms with Gasteiger partial charge in [0.2, 0.25) is 0 Å². The topological polar surface area (TPSA) is 127 Å². The Morgan fingerprint density at radius 1 is 1.00 bits per heavy atom. The summed E-state index contributed by atoms with van der Waals surface area (Å²) in [5.41, 5.74) is 0.877. The summed E-state index contributed by atoms with van der Waals surface area (Å²) in [6.45, 7) is 0. The third kappa shape index (κ3) is 3.99. The lowest BCUT2D eigenvalue weighted by atomic mass is 10.1. The number of rotatable bonds is 6. The van der Waals surface area contributed by atoms with Crippen molar-refractivity contribution in [2.45, 2.75) is 0 Å². The first-order valence-corrected chi connectivity index (χ1v) is 9.98. The van der Waals surface area contributed by atoms with Gasteiger partial charge in [0.25, 0.3) is 11.8 Å². The maximum absolute atomic E-state index is 13.3. The summed E-state index contributed by atoms with van der Waals surface area (Å²) in [6, 6.07) is 13.1. The molecule has 1 fully saturated rings. The highest BCUT2D eigenvalue weighted by atomic mass is 16.5. The van der Waals surface area contributed by atoms with Crippen molar-refractivity contribution in [3.63, 3.8) is 0 Å². The van der Waals surface area contributed by atoms with Crippen LogP contribution in [0.25, 0.3) is 11.8 Å². The second kappa shape index (κ2) is 8.94. The van der Waals surface area contributed by atoms with Gasteiger partial charge < -0.3 is 19.1 Å². The standard InChI is InChI=1S/C24H19N3O7/c1-33-17-8-9-19(20(13-17)34-2)27-22(29)18(21(28)25-24(27)32)12-16-7-4-10-26(16)15-6-3-5-14(11-15)23(30)31/h3-13H,1-2H3,(H,30,31)(H,25,28,32)/b18-12+. The minimum absolute atomic E-state index is 0.0830. The molecule has 2 N–H and O–H groups in total. The number of carboxylic acid groups (broad SMARTS) is 1. The summed E-state index contributed by atoms with van der Waals surface area (Å²) in [5.74, 6) is -2.13. The van der Waals surface area contributed by atoms with E-state index in [-0.39, 0.29) is 22.6 Å². The Morgan fingerprint density at radius 2 is 1.79 bits per heavy atom. The van der Waals surface area contributed by atoms with Crippen LogP contribution in [0, 0.1) is 0 Å². The number of imide groups is 2. The van der Waals surface area contributed by atoms with Gasteiger partial charge >= 0.3 is 12.0 Å². The van der Waals surface area contributed by atoms with Gasteiger partial charge in [0.15, 0.2) is 0 Å². The van der Waals surface area contributed by atoms with Crippen LogP contribution in [0.4, 0.5) is 10.5 Å². The summed E-state index contributed by atoms with van der Waals surface area (Å²) in [7, 11) is 2.85. The number of carbonyl (C=O) groups excluding carboxylic acids is 3. The molecule has 172 valence electrons. The van der Waals surface area contributed by atoms with Crippen LogP contribution >= 0.6 is 0 Å². The van der Waals surface area contributed by atoms with Gasteiger partial charge in [0, 0.05) is 23.6 Å². The molecular formula is C24H19N3O7. The van der Waals surface area contributed by atoms with Crippen molar-refractivity contribution in [2.24, 2.45) is 0 Å². The van der Waals surface area contributed by atoms with Crippen LogP contribution in [0.5, 0.6) is 11.5 Å². The van der Waals surface area contributed by atoms with Crippen LogP contribution in [0.15, 0.2) is 66.4 Å². The van der Waals surface area contributed by atoms with Crippen LogP contribution in [0.2, 0.25) is 0 Å². The van der Waals surface area contributed by atoms with E-state index in [0.29, 0.717) is 17.1 Å². The average molecular weight is 461 g/mol. The number of amides is 4. The fourth-order valence-corrected chi connectivity index (χ4v) is 3.53. The van der Waals surface area contributed by atoms with Gasteiger partial charge in [-0.1, -0.05) is 6.07 Å². The Hall–Kier alpha value is -4.86. The molecular weight excluding hydrogens is 442 g/mol. The van der Waals surface area contributed by atoms with Crippen molar-refractivity contribution in [1.82, 2.24) is 9.88 Å². The number of methoxy groups -OCH3 is 2. The minimum atomic E-state index is -1.08. The highest BCUT2D eigenvalue weighted by Gasteiger charge is 2.38. The molecule has 0 spiro atoms. The van der Waals surface area contributed by atoms with E-state index >= 15 is 0 Å². The third-order valence-corrected chi connectivity index (χ3v) is 5.17. The van der Waals surface area contributed by atoms with Gasteiger partial charge in [0.05, 0.1) is 25.5 Å². The number of aromatic carboxylic acids is 1. The van der Waals surface area contributed by atoms with Crippen molar-refractivity contribution in [2.75, 3.05) is 19.1 Å². The van der Waals surface area contributed by atoms with E-state index in [1.54, 1.807) is 41.1 Å². The first-order chi connectivity index (χ1) is 16.3. The van der Waals surface area contributed by atoms with E-state index in [1.165, 1.54) is 44.6 Å². The number of carbonyl (C=O) groups is 4. The van der Waals surface area contributed by atoms with Crippen LogP contribution in [0.1, 0.15) is 16.1 Å². The first-order valence-electron chi connectivity index (χ1n) is 9.98. The minimum Gasteiger partial charge on any atom is -0.497 e. The number of carboxylic acids is 1. The van der Waals surface area contributed by atoms with Gasteiger partial charge in [-0.05, 0) is 48.5 Å². The van der Waals surface area contributed by atoms with E-state index in [1.807, 2.05) is 0 Å². The smallest absolute Gasteiger partial charge is 0.336 e. The number of ether oxygens (including phenoxy) is 2. The summed E-state index contributed by atoms with van der Waals surface area (Å²) >= 11 is 0. The molecule has 0 saturated carbocycles. The number of hydrogen-bond donors (Lipinski definition) is 2. The van der Waals surface area contributed by atoms with Crippen molar-refractivity contribution in [1.29, 1.82) is 0 Å². The summed E-state index contributed by atoms with van der Waals surface area (Å²) in [5, 5.41) is 11.4. The molecule has 0 unspecified atom stereocenters. The molecule has 0 aliphatic carbocycles. The van der Waals surface area contributed by atoms with Crippen molar-refractivity contribution in [3.05, 3.63) is 77.6 Å². The molecule has 2 heterocycles. The molecule has 1 saturated heterocycles. The fraction of sp³-hybridized carbons (Fsp3) is 0.0833. The highest BCUT2D eigenvalue weighted by Crippen LogP contribution is 2.34. The maximum Gasteiger partial charge on any atom is 0.336 e. The van der Waals surface area contributed by atoms with Crippen LogP contribution in [0.3, 0.4) is 0 Å². The number of anilines is 1. The van der Waals surface area contributed by atoms with Crippen molar-refractivity contribution < 1.29 is 33.8 Å². The van der Waals surface area contributed by atoms with Gasteiger partial charge in [-0.25, -0.2) is 14.5 Å². The lowest BCUT2D eigenvalue weighted by molar-refractivity contribution is -0.122. The van der Waals surface area contributed by atoms with Crippen LogP contribution in [-0.4, -0.2) is 47.7 Å². The van der Waals surface area contributed by atoms with E-state index in [0.717, 1.165) is 4.90 Å². The Bertz CT molecular complexity index is 1360. The molecule has 10 heteroatoms. The SMILES string of the molecule is COc1ccc(N2C(=O)NC(=O)/C(=C\c3cccn3-c3cccc(C(=O)O)c3)C2=O)c(OC)c1. The molecule has 0 radical (unpaired) electrons. The quantitative estimate of drug-likeness (QED) is 0.427. The molecule has 0 atom stereocenters. The maximum atomic E-state index is 13.3. The van der Waals surface area contributed by atoms with E-state index in [2.05, 4.69) is 5.32 Å². The molecule has 1 aliphatic rings. The number of aromatic nitrogens is 1. The van der Waals surface area contributed by atoms with Gasteiger partial charge in [-0.15, -0.1) is 0 Å². The zero-order valence-electron chi connectivity index (χ0n) is 18.1. The predicted octanol–water partition coefficient (Wildman–Crippen LogP) is 2.86. The molecule has 10 nitrogen and oxygen atoms in total. The van der Waals surface area contributed by atoms with Gasteiger partial charge in [-0.2, -0.15) is 0 Å². The molecule has 4 amide bonds. The summed E-state index contributed by atoms with van der Waals surface area (Å²) in [6.07, 6.45) is 2.99. The number of nitrogens with zero attached hydrogens (tertiary/aromatic N) is 2. The highest BCUT2D eigenvalue weighted by molar-refractivity contribution is 6.39. The van der Waals surface area contributed by atoms with Gasteiger partial charge in [0.1, 0.15) is 17.1 Å². The van der Waals surface area contributed by atoms with E-state index in [4.69, 9.17) is 9.47 Å². The average Bonchev–Trinajstić information content (AvgIpc) is 3.30. The fourth-order valence-electron chi connectivity index (χ4n) is 3.53. The Morgan fingerprint density at radius 3 is 2.50 bits per heavy atom. The van der Waals surface area contributed by atoms with Crippen LogP contribution < -0.4 is 19.7 Å². The van der Waals surface area contributed by atoms with E-state index in [9.17, 15) is 24.3 Å². The second-order valence-corrected chi connectivity index (χ2v) is 7.15. The molecule has 34 heavy (non-hydrogen) atoms. The van der Waals surface area contributed by atoms with Crippen LogP contribution in [-0.2, 0) is 9.59 Å². The molecule has 1 aromatic heterocycles. The number of urea groups is 1. The third-order valence-electron chi connectivity index (χ3n) is 5.17. The molecule has 4 rings (SSSR count). The lowest BCUT2D eigenvalue weighted by Crippen LogP contribution is -2.54. The lowest BCUT2D eigenvalue weighted by Gasteiger charge is -2.27. The summed E-state index contributed by atoms with van der Waals surface area (Å²) in [4.78, 5) is 50.6. The Labute approximate surface area is 193 Å². The second-order valence-electron chi connectivity index (χ2n) is 7.15. The molecule has 1 aliphatic heterocycles. The van der Waals surface area contributed by atoms with Gasteiger partial charge in [-0.3, -0.25) is 14.9 Å². The summed E-state index contributed by atoms with van der Waals surface area (Å²) < 4.78 is 12.1. The zero-order valence-corrected chi connectivity index (χ0v) is 18.1. The molecule has 2 aromatic carbocycles. The first kappa shape index (κ1) is 22.3. The number of nitrogens with one attached hydrogen (secondary N) is 1. The van der Waals surface area contributed by atoms with E-state index < -0.39 is 23.8 Å². The molecule has 0 bridgehead atoms. The monoisotopic (exact) mass is 461 g/mol. The zero-order chi connectivity index (χ0) is 24.4. The molecule has 3 aromatic rings. The number of hydrogen-bond acceptors (Lipinski definition) is 6.